The molecule has 0 bridgehead atoms. The molecule has 9 heteroatoms. The largest absolute Gasteiger partial charge is 0.340 e. The summed E-state index contributed by atoms with van der Waals surface area (Å²) in [5, 5.41) is 4.60. The van der Waals surface area contributed by atoms with Gasteiger partial charge < -0.3 is 10.2 Å². The number of imide groups is 1. The third-order valence-electron chi connectivity index (χ3n) is 4.31. The number of piperidine rings is 1. The van der Waals surface area contributed by atoms with Gasteiger partial charge in [0.05, 0.1) is 11.3 Å². The van der Waals surface area contributed by atoms with Crippen LogP contribution in [0.3, 0.4) is 0 Å². The van der Waals surface area contributed by atoms with Crippen LogP contribution in [0.2, 0.25) is 0 Å². The van der Waals surface area contributed by atoms with Gasteiger partial charge in [0.2, 0.25) is 17.7 Å². The minimum absolute atomic E-state index is 0.0564. The third kappa shape index (κ3) is 4.04. The van der Waals surface area contributed by atoms with Crippen molar-refractivity contribution in [1.29, 1.82) is 0 Å². The van der Waals surface area contributed by atoms with Gasteiger partial charge in [-0.1, -0.05) is 12.1 Å². The Morgan fingerprint density at radius 1 is 1.35 bits per heavy atom. The van der Waals surface area contributed by atoms with Crippen molar-refractivity contribution in [3.8, 4) is 0 Å². The van der Waals surface area contributed by atoms with Crippen LogP contribution < -0.4 is 10.6 Å². The summed E-state index contributed by atoms with van der Waals surface area (Å²) >= 11 is 1.54. The van der Waals surface area contributed by atoms with Crippen molar-refractivity contribution in [1.82, 2.24) is 15.5 Å². The van der Waals surface area contributed by atoms with E-state index in [9.17, 15) is 23.6 Å². The number of hydrogen-bond donors (Lipinski definition) is 2. The highest BCUT2D eigenvalue weighted by atomic mass is 32.2. The van der Waals surface area contributed by atoms with E-state index in [1.165, 1.54) is 23.9 Å². The highest BCUT2D eigenvalue weighted by Crippen LogP contribution is 2.19. The number of nitrogens with zero attached hydrogens (tertiary/aromatic N) is 1. The minimum Gasteiger partial charge on any atom is -0.340 e. The summed E-state index contributed by atoms with van der Waals surface area (Å²) in [5.74, 6) is -1.30. The molecule has 2 aliphatic rings. The number of carbonyl (C=O) groups excluding carboxylic acids is 4. The number of benzene rings is 1. The predicted molar refractivity (Wildman–Crippen MR) is 92.8 cm³/mol. The van der Waals surface area contributed by atoms with E-state index in [2.05, 4.69) is 10.6 Å². The van der Waals surface area contributed by atoms with Gasteiger partial charge in [-0.3, -0.25) is 24.5 Å². The second-order valence-corrected chi connectivity index (χ2v) is 7.23. The standard InChI is InChI=1S/C17H18FN3O4S/c18-15-10(8-21-6-7-26-9-14(21)23)2-1-3-11(15)16(24)19-12-4-5-13(22)20-17(12)25/h1-3,12H,4-9H2,(H,19,24)(H,20,22,25). The lowest BCUT2D eigenvalue weighted by atomic mass is 10.0. The Kier molecular flexibility index (Phi) is 5.55. The van der Waals surface area contributed by atoms with Crippen LogP contribution in [0.5, 0.6) is 0 Å². The smallest absolute Gasteiger partial charge is 0.254 e. The molecule has 4 amide bonds. The summed E-state index contributed by atoms with van der Waals surface area (Å²) in [7, 11) is 0. The van der Waals surface area contributed by atoms with Gasteiger partial charge in [-0.2, -0.15) is 11.8 Å². The fourth-order valence-corrected chi connectivity index (χ4v) is 3.72. The zero-order valence-electron chi connectivity index (χ0n) is 13.9. The van der Waals surface area contributed by atoms with E-state index in [1.54, 1.807) is 11.0 Å². The molecule has 138 valence electrons. The molecule has 7 nitrogen and oxygen atoms in total. The predicted octanol–water partition coefficient (Wildman–Crippen LogP) is 0.436. The molecule has 1 aromatic rings. The SMILES string of the molecule is O=C1CCC(NC(=O)c2cccc(CN3CCSCC3=O)c2F)C(=O)N1. The van der Waals surface area contributed by atoms with E-state index in [0.29, 0.717) is 12.3 Å². The number of hydrogen-bond acceptors (Lipinski definition) is 5. The fourth-order valence-electron chi connectivity index (χ4n) is 2.87. The Morgan fingerprint density at radius 3 is 2.88 bits per heavy atom. The maximum absolute atomic E-state index is 14.8. The van der Waals surface area contributed by atoms with E-state index in [4.69, 9.17) is 0 Å². The molecule has 2 heterocycles. The quantitative estimate of drug-likeness (QED) is 0.740. The number of carbonyl (C=O) groups is 4. The molecular weight excluding hydrogens is 361 g/mol. The summed E-state index contributed by atoms with van der Waals surface area (Å²) in [6.07, 6.45) is 0.298. The lowest BCUT2D eigenvalue weighted by Crippen LogP contribution is -2.52. The number of rotatable bonds is 4. The Bertz CT molecular complexity index is 770. The average Bonchev–Trinajstić information content (AvgIpc) is 2.61. The van der Waals surface area contributed by atoms with Crippen LogP contribution in [-0.2, 0) is 20.9 Å². The Balaban J connectivity index is 1.71. The van der Waals surface area contributed by atoms with Gasteiger partial charge in [-0.05, 0) is 12.5 Å². The molecule has 2 aliphatic heterocycles. The van der Waals surface area contributed by atoms with Gasteiger partial charge >= 0.3 is 0 Å². The summed E-state index contributed by atoms with van der Waals surface area (Å²) in [6, 6.07) is 3.53. The average molecular weight is 379 g/mol. The minimum atomic E-state index is -0.871. The molecular formula is C17H18FN3O4S. The lowest BCUT2D eigenvalue weighted by molar-refractivity contribution is -0.134. The van der Waals surface area contributed by atoms with Crippen molar-refractivity contribution >= 4 is 35.4 Å². The van der Waals surface area contributed by atoms with E-state index in [0.717, 1.165) is 5.75 Å². The second-order valence-electron chi connectivity index (χ2n) is 6.12. The summed E-state index contributed by atoms with van der Waals surface area (Å²) in [6.45, 7) is 0.639. The molecule has 26 heavy (non-hydrogen) atoms. The number of nitrogens with one attached hydrogen (secondary N) is 2. The molecule has 1 aromatic carbocycles. The Morgan fingerprint density at radius 2 is 2.15 bits per heavy atom. The Hall–Kier alpha value is -2.42. The van der Waals surface area contributed by atoms with Crippen molar-refractivity contribution in [2.45, 2.75) is 25.4 Å². The van der Waals surface area contributed by atoms with E-state index in [1.807, 2.05) is 0 Å². The molecule has 2 fully saturated rings. The van der Waals surface area contributed by atoms with Crippen LogP contribution in [0.25, 0.3) is 0 Å². The van der Waals surface area contributed by atoms with Gasteiger partial charge in [0.15, 0.2) is 0 Å². The van der Waals surface area contributed by atoms with Crippen LogP contribution in [0, 0.1) is 5.82 Å². The topological polar surface area (TPSA) is 95.6 Å². The monoisotopic (exact) mass is 379 g/mol. The maximum atomic E-state index is 14.8. The molecule has 0 radical (unpaired) electrons. The highest BCUT2D eigenvalue weighted by molar-refractivity contribution is 8.00. The zero-order chi connectivity index (χ0) is 18.7. The molecule has 0 aromatic heterocycles. The van der Waals surface area contributed by atoms with Gasteiger partial charge in [0, 0.05) is 30.8 Å². The van der Waals surface area contributed by atoms with Crippen molar-refractivity contribution < 1.29 is 23.6 Å². The second kappa shape index (κ2) is 7.86. The maximum Gasteiger partial charge on any atom is 0.254 e. The molecule has 0 aliphatic carbocycles. The van der Waals surface area contributed by atoms with Crippen molar-refractivity contribution in [2.24, 2.45) is 0 Å². The number of halogens is 1. The first-order valence-electron chi connectivity index (χ1n) is 8.23. The number of amides is 4. The van der Waals surface area contributed by atoms with Crippen LogP contribution >= 0.6 is 11.8 Å². The van der Waals surface area contributed by atoms with Crippen molar-refractivity contribution in [2.75, 3.05) is 18.1 Å². The molecule has 1 atom stereocenters. The van der Waals surface area contributed by atoms with Crippen molar-refractivity contribution in [3.05, 3.63) is 35.1 Å². The summed E-state index contributed by atoms with van der Waals surface area (Å²) < 4.78 is 14.8. The third-order valence-corrected chi connectivity index (χ3v) is 5.24. The molecule has 2 N–H and O–H groups in total. The van der Waals surface area contributed by atoms with E-state index in [-0.39, 0.29) is 36.4 Å². The van der Waals surface area contributed by atoms with Gasteiger partial charge in [-0.15, -0.1) is 0 Å². The first-order valence-corrected chi connectivity index (χ1v) is 9.38. The first kappa shape index (κ1) is 18.4. The van der Waals surface area contributed by atoms with E-state index < -0.39 is 29.6 Å². The van der Waals surface area contributed by atoms with Crippen molar-refractivity contribution in [3.63, 3.8) is 0 Å². The molecule has 1 unspecified atom stereocenters. The number of thioether (sulfide) groups is 1. The first-order chi connectivity index (χ1) is 12.5. The normalized spacial score (nSPS) is 20.7. The zero-order valence-corrected chi connectivity index (χ0v) is 14.7. The molecule has 0 spiro atoms. The highest BCUT2D eigenvalue weighted by Gasteiger charge is 2.29. The van der Waals surface area contributed by atoms with Crippen LogP contribution in [0.1, 0.15) is 28.8 Å². The van der Waals surface area contributed by atoms with Crippen LogP contribution in [0.15, 0.2) is 18.2 Å². The lowest BCUT2D eigenvalue weighted by Gasteiger charge is -2.27. The van der Waals surface area contributed by atoms with Gasteiger partial charge in [0.25, 0.3) is 5.91 Å². The van der Waals surface area contributed by atoms with Gasteiger partial charge in [-0.25, -0.2) is 4.39 Å². The molecule has 0 saturated carbocycles. The molecule has 3 rings (SSSR count). The van der Waals surface area contributed by atoms with Gasteiger partial charge in [0.1, 0.15) is 11.9 Å². The van der Waals surface area contributed by atoms with Crippen LogP contribution in [0.4, 0.5) is 4.39 Å². The Labute approximate surface area is 153 Å². The van der Waals surface area contributed by atoms with Crippen LogP contribution in [-0.4, -0.2) is 52.6 Å². The summed E-state index contributed by atoms with van der Waals surface area (Å²) in [4.78, 5) is 48.7. The molecule has 2 saturated heterocycles. The fraction of sp³-hybridized carbons (Fsp3) is 0.412. The summed E-state index contributed by atoms with van der Waals surface area (Å²) in [5.41, 5.74) is 0.0622. The van der Waals surface area contributed by atoms with E-state index >= 15 is 0 Å².